The van der Waals surface area contributed by atoms with Crippen LogP contribution in [0.25, 0.3) is 0 Å². The summed E-state index contributed by atoms with van der Waals surface area (Å²) in [5.41, 5.74) is 1.90. The van der Waals surface area contributed by atoms with Crippen LogP contribution in [0.5, 0.6) is 0 Å². The molecule has 1 fully saturated rings. The number of nitrogens with zero attached hydrogens (tertiary/aromatic N) is 1. The Morgan fingerprint density at radius 3 is 2.34 bits per heavy atom. The predicted molar refractivity (Wildman–Crippen MR) is 108 cm³/mol. The molecule has 0 amide bonds. The highest BCUT2D eigenvalue weighted by molar-refractivity contribution is 6.01. The minimum atomic E-state index is -4.32. The molecule has 4 rings (SSSR count). The topological polar surface area (TPSA) is 21.6 Å². The van der Waals surface area contributed by atoms with Crippen molar-refractivity contribution in [2.45, 2.75) is 69.1 Å². The third-order valence-corrected chi connectivity index (χ3v) is 6.29. The van der Waals surface area contributed by atoms with Gasteiger partial charge in [-0.2, -0.15) is 13.2 Å². The van der Waals surface area contributed by atoms with Gasteiger partial charge in [-0.15, -0.1) is 0 Å². The Bertz CT molecular complexity index is 845. The molecule has 0 bridgehead atoms. The van der Waals surface area contributed by atoms with Gasteiger partial charge in [0.15, 0.2) is 0 Å². The minimum absolute atomic E-state index is 0.324. The number of oxime groups is 1. The van der Waals surface area contributed by atoms with E-state index in [9.17, 15) is 13.2 Å². The second kappa shape index (κ2) is 8.21. The van der Waals surface area contributed by atoms with Gasteiger partial charge >= 0.3 is 6.18 Å². The maximum Gasteiger partial charge on any atom is 0.416 e. The van der Waals surface area contributed by atoms with Crippen molar-refractivity contribution in [2.24, 2.45) is 5.16 Å². The molecule has 1 aliphatic carbocycles. The van der Waals surface area contributed by atoms with Gasteiger partial charge in [-0.1, -0.05) is 60.5 Å². The maximum absolute atomic E-state index is 12.8. The van der Waals surface area contributed by atoms with Gasteiger partial charge in [-0.25, -0.2) is 0 Å². The molecule has 2 aromatic rings. The summed E-state index contributed by atoms with van der Waals surface area (Å²) in [5.74, 6) is 0.518. The SMILES string of the molecule is FC(F)(F)c1ccc(C2=NOC3(CCCCCC(c4ccccc4)CC3)C2)cc1. The first-order valence-electron chi connectivity index (χ1n) is 10.4. The third-order valence-electron chi connectivity index (χ3n) is 6.29. The van der Waals surface area contributed by atoms with Crippen molar-refractivity contribution in [3.05, 3.63) is 71.3 Å². The van der Waals surface area contributed by atoms with Crippen molar-refractivity contribution in [1.82, 2.24) is 0 Å². The fourth-order valence-corrected chi connectivity index (χ4v) is 4.58. The van der Waals surface area contributed by atoms with Crippen molar-refractivity contribution in [2.75, 3.05) is 0 Å². The number of rotatable bonds is 2. The molecule has 154 valence electrons. The lowest BCUT2D eigenvalue weighted by molar-refractivity contribution is -0.137. The molecular weight excluding hydrogens is 375 g/mol. The molecule has 0 N–H and O–H groups in total. The maximum atomic E-state index is 12.8. The molecule has 2 atom stereocenters. The van der Waals surface area contributed by atoms with Crippen LogP contribution in [0.1, 0.15) is 74.0 Å². The fourth-order valence-electron chi connectivity index (χ4n) is 4.58. The molecule has 5 heteroatoms. The van der Waals surface area contributed by atoms with Crippen LogP contribution in [0.3, 0.4) is 0 Å². The second-order valence-electron chi connectivity index (χ2n) is 8.31. The molecule has 1 aliphatic heterocycles. The van der Waals surface area contributed by atoms with Crippen molar-refractivity contribution in [1.29, 1.82) is 0 Å². The quantitative estimate of drug-likeness (QED) is 0.526. The van der Waals surface area contributed by atoms with E-state index in [1.54, 1.807) is 0 Å². The zero-order valence-corrected chi connectivity index (χ0v) is 16.4. The molecule has 2 aromatic carbocycles. The zero-order chi connectivity index (χ0) is 20.3. The van der Waals surface area contributed by atoms with Gasteiger partial charge in [0, 0.05) is 6.42 Å². The van der Waals surface area contributed by atoms with Gasteiger partial charge in [0.2, 0.25) is 0 Å². The molecule has 2 unspecified atom stereocenters. The van der Waals surface area contributed by atoms with Crippen LogP contribution in [-0.2, 0) is 11.0 Å². The number of hydrogen-bond acceptors (Lipinski definition) is 2. The first kappa shape index (κ1) is 20.0. The van der Waals surface area contributed by atoms with Crippen molar-refractivity contribution in [3.63, 3.8) is 0 Å². The highest BCUT2D eigenvalue weighted by Crippen LogP contribution is 2.41. The van der Waals surface area contributed by atoms with Gasteiger partial charge in [0.05, 0.1) is 11.3 Å². The normalized spacial score (nSPS) is 25.6. The molecular formula is C24H26F3NO. The Kier molecular flexibility index (Phi) is 5.66. The molecule has 0 aromatic heterocycles. The van der Waals surface area contributed by atoms with E-state index in [0.717, 1.165) is 43.5 Å². The summed E-state index contributed by atoms with van der Waals surface area (Å²) in [4.78, 5) is 5.99. The molecule has 1 heterocycles. The van der Waals surface area contributed by atoms with Crippen LogP contribution in [-0.4, -0.2) is 11.3 Å². The molecule has 1 saturated carbocycles. The smallest absolute Gasteiger partial charge is 0.389 e. The molecule has 2 nitrogen and oxygen atoms in total. The van der Waals surface area contributed by atoms with E-state index < -0.39 is 11.7 Å². The van der Waals surface area contributed by atoms with Crippen LogP contribution >= 0.6 is 0 Å². The van der Waals surface area contributed by atoms with E-state index in [0.29, 0.717) is 17.9 Å². The number of benzene rings is 2. The molecule has 2 aliphatic rings. The molecule has 1 spiro atoms. The minimum Gasteiger partial charge on any atom is -0.389 e. The first-order chi connectivity index (χ1) is 14.0. The molecule has 0 radical (unpaired) electrons. The van der Waals surface area contributed by atoms with Crippen LogP contribution in [0, 0.1) is 0 Å². The second-order valence-corrected chi connectivity index (χ2v) is 8.31. The molecule has 29 heavy (non-hydrogen) atoms. The van der Waals surface area contributed by atoms with Gasteiger partial charge < -0.3 is 4.84 Å². The van der Waals surface area contributed by atoms with Gasteiger partial charge in [0.1, 0.15) is 5.60 Å². The van der Waals surface area contributed by atoms with Gasteiger partial charge in [-0.3, -0.25) is 0 Å². The largest absolute Gasteiger partial charge is 0.416 e. The Balaban J connectivity index is 1.47. The summed E-state index contributed by atoms with van der Waals surface area (Å²) in [6.45, 7) is 0. The van der Waals surface area contributed by atoms with E-state index >= 15 is 0 Å². The standard InChI is InChI=1S/C24H26F3NO/c25-24(26,27)21-12-10-20(11-13-21)22-17-23(29-28-22)15-6-2-5-9-19(14-16-23)18-7-3-1-4-8-18/h1,3-4,7-8,10-13,19H,2,5-6,9,14-17H2. The summed E-state index contributed by atoms with van der Waals surface area (Å²) in [7, 11) is 0. The van der Waals surface area contributed by atoms with Crippen LogP contribution in [0.15, 0.2) is 59.8 Å². The lowest BCUT2D eigenvalue weighted by atomic mass is 9.82. The fraction of sp³-hybridized carbons (Fsp3) is 0.458. The van der Waals surface area contributed by atoms with Gasteiger partial charge in [0.25, 0.3) is 0 Å². The van der Waals surface area contributed by atoms with Crippen molar-refractivity contribution >= 4 is 5.71 Å². The van der Waals surface area contributed by atoms with Gasteiger partial charge in [-0.05, 0) is 61.3 Å². The van der Waals surface area contributed by atoms with Crippen LogP contribution in [0.2, 0.25) is 0 Å². The van der Waals surface area contributed by atoms with Crippen LogP contribution < -0.4 is 0 Å². The highest BCUT2D eigenvalue weighted by Gasteiger charge is 2.40. The van der Waals surface area contributed by atoms with E-state index in [1.165, 1.54) is 37.0 Å². The van der Waals surface area contributed by atoms with Crippen LogP contribution in [0.4, 0.5) is 13.2 Å². The summed E-state index contributed by atoms with van der Waals surface area (Å²) in [5, 5.41) is 4.31. The van der Waals surface area contributed by atoms with E-state index in [2.05, 4.69) is 29.4 Å². The highest BCUT2D eigenvalue weighted by atomic mass is 19.4. The predicted octanol–water partition coefficient (Wildman–Crippen LogP) is 7.10. The van der Waals surface area contributed by atoms with Crippen molar-refractivity contribution in [3.8, 4) is 0 Å². The first-order valence-corrected chi connectivity index (χ1v) is 10.4. The number of halogens is 3. The summed E-state index contributed by atoms with van der Waals surface area (Å²) < 4.78 is 38.5. The Hall–Kier alpha value is -2.30. The number of alkyl halides is 3. The lowest BCUT2D eigenvalue weighted by Crippen LogP contribution is -2.29. The number of hydrogen-bond donors (Lipinski definition) is 0. The van der Waals surface area contributed by atoms with E-state index in [-0.39, 0.29) is 5.60 Å². The van der Waals surface area contributed by atoms with E-state index in [1.807, 2.05) is 6.07 Å². The summed E-state index contributed by atoms with van der Waals surface area (Å²) in [6, 6.07) is 15.9. The lowest BCUT2D eigenvalue weighted by Gasteiger charge is -2.27. The van der Waals surface area contributed by atoms with Crippen molar-refractivity contribution < 1.29 is 18.0 Å². The average molecular weight is 401 g/mol. The Morgan fingerprint density at radius 2 is 1.62 bits per heavy atom. The average Bonchev–Trinajstić information content (AvgIpc) is 3.18. The monoisotopic (exact) mass is 401 g/mol. The van der Waals surface area contributed by atoms with E-state index in [4.69, 9.17) is 4.84 Å². The summed E-state index contributed by atoms with van der Waals surface area (Å²) >= 11 is 0. The molecule has 0 saturated heterocycles. The Morgan fingerprint density at radius 1 is 0.862 bits per heavy atom. The summed E-state index contributed by atoms with van der Waals surface area (Å²) in [6.07, 6.45) is 3.91. The Labute approximate surface area is 169 Å². The zero-order valence-electron chi connectivity index (χ0n) is 16.4. The third kappa shape index (κ3) is 4.65.